The van der Waals surface area contributed by atoms with Crippen molar-refractivity contribution in [3.63, 3.8) is 0 Å². The smallest absolute Gasteiger partial charge is 0.335 e. The zero-order chi connectivity index (χ0) is 17.2. The number of aliphatic carboxylic acids is 1. The van der Waals surface area contributed by atoms with Gasteiger partial charge < -0.3 is 19.8 Å². The van der Waals surface area contributed by atoms with E-state index in [4.69, 9.17) is 9.84 Å². The zero-order valence-corrected chi connectivity index (χ0v) is 13.1. The normalized spacial score (nSPS) is 16.8. The number of carbonyl (C=O) groups is 2. The van der Waals surface area contributed by atoms with Gasteiger partial charge in [0.15, 0.2) is 12.2 Å². The quantitative estimate of drug-likeness (QED) is 0.891. The summed E-state index contributed by atoms with van der Waals surface area (Å²) in [4.78, 5) is 24.7. The van der Waals surface area contributed by atoms with Crippen molar-refractivity contribution in [3.8, 4) is 5.75 Å². The van der Waals surface area contributed by atoms with Gasteiger partial charge in [-0.3, -0.25) is 4.79 Å². The lowest BCUT2D eigenvalue weighted by molar-refractivity contribution is -0.165. The number of benzene rings is 2. The third-order valence-corrected chi connectivity index (χ3v) is 4.42. The fourth-order valence-electron chi connectivity index (χ4n) is 2.83. The van der Waals surface area contributed by atoms with Gasteiger partial charge in [-0.15, -0.1) is 0 Å². The molecule has 1 saturated heterocycles. The minimum atomic E-state index is -1.73. The van der Waals surface area contributed by atoms with Crippen molar-refractivity contribution in [1.29, 1.82) is 0 Å². The Bertz CT molecular complexity index is 765. The molecule has 1 heterocycles. The fourth-order valence-corrected chi connectivity index (χ4v) is 2.83. The first kappa shape index (κ1) is 16.3. The van der Waals surface area contributed by atoms with Gasteiger partial charge in [-0.05, 0) is 22.9 Å². The van der Waals surface area contributed by atoms with Crippen molar-refractivity contribution in [2.45, 2.75) is 18.4 Å². The van der Waals surface area contributed by atoms with Gasteiger partial charge in [-0.25, -0.2) is 4.79 Å². The monoisotopic (exact) mass is 329 g/mol. The summed E-state index contributed by atoms with van der Waals surface area (Å²) in [6.07, 6.45) is 0.0636. The number of carboxylic acid groups (broad SMARTS) is 1. The van der Waals surface area contributed by atoms with Gasteiger partial charge in [0.25, 0.3) is 5.91 Å². The van der Waals surface area contributed by atoms with Gasteiger partial charge >= 0.3 is 5.97 Å². The Morgan fingerprint density at radius 3 is 2.42 bits per heavy atom. The number of carboxylic acids is 1. The maximum Gasteiger partial charge on any atom is 0.335 e. The molecule has 6 heteroatoms. The van der Waals surface area contributed by atoms with Crippen LogP contribution in [-0.2, 0) is 9.59 Å². The fraction of sp³-hybridized carbons (Fsp3) is 0.333. The number of likely N-dealkylation sites (tertiary alicyclic amines) is 1. The number of nitrogens with zero attached hydrogens (tertiary/aromatic N) is 1. The average Bonchev–Trinajstić information content (AvgIpc) is 2.60. The molecule has 0 aromatic heterocycles. The molecular weight excluding hydrogens is 310 g/mol. The van der Waals surface area contributed by atoms with E-state index in [1.54, 1.807) is 0 Å². The standard InChI is InChI=1S/C18H19NO5/c20-16(19-9-7-18(23,8-10-19)17(21)22)12-24-15-6-5-13-3-1-2-4-14(13)11-15/h1-6,11,23H,7-10,12H2,(H,21,22). The Kier molecular flexibility index (Phi) is 4.40. The Morgan fingerprint density at radius 1 is 1.08 bits per heavy atom. The third-order valence-electron chi connectivity index (χ3n) is 4.42. The van der Waals surface area contributed by atoms with Crippen molar-refractivity contribution in [2.24, 2.45) is 0 Å². The minimum Gasteiger partial charge on any atom is -0.484 e. The lowest BCUT2D eigenvalue weighted by atomic mass is 9.92. The molecule has 0 unspecified atom stereocenters. The molecule has 0 spiro atoms. The molecule has 3 rings (SSSR count). The molecule has 0 atom stereocenters. The Balaban J connectivity index is 1.56. The highest BCUT2D eigenvalue weighted by Gasteiger charge is 2.40. The number of aliphatic hydroxyl groups is 1. The van der Waals surface area contributed by atoms with E-state index < -0.39 is 11.6 Å². The van der Waals surface area contributed by atoms with Crippen molar-refractivity contribution < 1.29 is 24.5 Å². The van der Waals surface area contributed by atoms with E-state index in [9.17, 15) is 14.7 Å². The van der Waals surface area contributed by atoms with Crippen LogP contribution in [0.4, 0.5) is 0 Å². The molecule has 0 radical (unpaired) electrons. The van der Waals surface area contributed by atoms with Gasteiger partial charge in [0, 0.05) is 25.9 Å². The van der Waals surface area contributed by atoms with Crippen LogP contribution in [0.15, 0.2) is 42.5 Å². The number of amides is 1. The largest absolute Gasteiger partial charge is 0.484 e. The van der Waals surface area contributed by atoms with Gasteiger partial charge in [-0.1, -0.05) is 30.3 Å². The summed E-state index contributed by atoms with van der Waals surface area (Å²) in [7, 11) is 0. The molecule has 126 valence electrons. The topological polar surface area (TPSA) is 87.1 Å². The predicted molar refractivity (Wildman–Crippen MR) is 87.8 cm³/mol. The molecule has 0 aliphatic carbocycles. The lowest BCUT2D eigenvalue weighted by Gasteiger charge is -2.35. The molecule has 0 bridgehead atoms. The highest BCUT2D eigenvalue weighted by molar-refractivity contribution is 5.84. The van der Waals surface area contributed by atoms with E-state index in [0.29, 0.717) is 5.75 Å². The first-order valence-electron chi connectivity index (χ1n) is 7.83. The maximum atomic E-state index is 12.2. The van der Waals surface area contributed by atoms with E-state index in [0.717, 1.165) is 10.8 Å². The molecule has 1 aliphatic heterocycles. The van der Waals surface area contributed by atoms with Crippen molar-refractivity contribution in [3.05, 3.63) is 42.5 Å². The van der Waals surface area contributed by atoms with Gasteiger partial charge in [-0.2, -0.15) is 0 Å². The number of rotatable bonds is 4. The number of hydrogen-bond acceptors (Lipinski definition) is 4. The second kappa shape index (κ2) is 6.49. The first-order chi connectivity index (χ1) is 11.5. The summed E-state index contributed by atoms with van der Waals surface area (Å²) in [5, 5.41) is 21.0. The van der Waals surface area contributed by atoms with Crippen LogP contribution < -0.4 is 4.74 Å². The Labute approximate surface area is 139 Å². The summed E-state index contributed by atoms with van der Waals surface area (Å²) < 4.78 is 5.56. The first-order valence-corrected chi connectivity index (χ1v) is 7.83. The molecule has 1 aliphatic rings. The molecule has 1 fully saturated rings. The molecular formula is C18H19NO5. The lowest BCUT2D eigenvalue weighted by Crippen LogP contribution is -2.51. The highest BCUT2D eigenvalue weighted by Crippen LogP contribution is 2.23. The molecule has 2 aromatic carbocycles. The predicted octanol–water partition coefficient (Wildman–Crippen LogP) is 1.66. The SMILES string of the molecule is O=C(COc1ccc2ccccc2c1)N1CCC(O)(C(=O)O)CC1. The van der Waals surface area contributed by atoms with E-state index in [-0.39, 0.29) is 38.4 Å². The van der Waals surface area contributed by atoms with Crippen LogP contribution in [0.5, 0.6) is 5.75 Å². The summed E-state index contributed by atoms with van der Waals surface area (Å²) >= 11 is 0. The summed E-state index contributed by atoms with van der Waals surface area (Å²) in [5.41, 5.74) is -1.73. The summed E-state index contributed by atoms with van der Waals surface area (Å²) in [6, 6.07) is 13.5. The molecule has 2 N–H and O–H groups in total. The van der Waals surface area contributed by atoms with Crippen LogP contribution in [0.3, 0.4) is 0 Å². The summed E-state index contributed by atoms with van der Waals surface area (Å²) in [6.45, 7) is 0.315. The molecule has 1 amide bonds. The van der Waals surface area contributed by atoms with E-state index in [2.05, 4.69) is 0 Å². The van der Waals surface area contributed by atoms with E-state index in [1.807, 2.05) is 42.5 Å². The van der Waals surface area contributed by atoms with Gasteiger partial charge in [0.05, 0.1) is 0 Å². The second-order valence-corrected chi connectivity index (χ2v) is 6.02. The van der Waals surface area contributed by atoms with Crippen LogP contribution in [0.25, 0.3) is 10.8 Å². The summed E-state index contributed by atoms with van der Waals surface area (Å²) in [5.74, 6) is -0.835. The maximum absolute atomic E-state index is 12.2. The van der Waals surface area contributed by atoms with Gasteiger partial charge in [0.1, 0.15) is 5.75 Å². The molecule has 24 heavy (non-hydrogen) atoms. The van der Waals surface area contributed by atoms with Crippen molar-refractivity contribution in [2.75, 3.05) is 19.7 Å². The number of fused-ring (bicyclic) bond motifs is 1. The number of piperidine rings is 1. The number of carbonyl (C=O) groups excluding carboxylic acids is 1. The van der Waals surface area contributed by atoms with Crippen molar-refractivity contribution >= 4 is 22.6 Å². The third kappa shape index (κ3) is 3.33. The minimum absolute atomic E-state index is 0.0318. The second-order valence-electron chi connectivity index (χ2n) is 6.02. The van der Waals surface area contributed by atoms with Crippen LogP contribution in [-0.4, -0.2) is 52.3 Å². The van der Waals surface area contributed by atoms with Crippen LogP contribution >= 0.6 is 0 Å². The van der Waals surface area contributed by atoms with E-state index >= 15 is 0 Å². The number of hydrogen-bond donors (Lipinski definition) is 2. The Morgan fingerprint density at radius 2 is 1.75 bits per heavy atom. The molecule has 0 saturated carbocycles. The van der Waals surface area contributed by atoms with Crippen LogP contribution in [0, 0.1) is 0 Å². The average molecular weight is 329 g/mol. The van der Waals surface area contributed by atoms with Gasteiger partial charge in [0.2, 0.25) is 0 Å². The zero-order valence-electron chi connectivity index (χ0n) is 13.1. The van der Waals surface area contributed by atoms with E-state index in [1.165, 1.54) is 4.90 Å². The van der Waals surface area contributed by atoms with Crippen LogP contribution in [0.1, 0.15) is 12.8 Å². The molecule has 6 nitrogen and oxygen atoms in total. The van der Waals surface area contributed by atoms with Crippen molar-refractivity contribution in [1.82, 2.24) is 4.90 Å². The Hall–Kier alpha value is -2.60. The van der Waals surface area contributed by atoms with Crippen LogP contribution in [0.2, 0.25) is 0 Å². The number of ether oxygens (including phenoxy) is 1. The molecule has 2 aromatic rings. The highest BCUT2D eigenvalue weighted by atomic mass is 16.5.